The third kappa shape index (κ3) is 4.31. The highest BCUT2D eigenvalue weighted by molar-refractivity contribution is 6.32. The topological polar surface area (TPSA) is 62.3 Å². The van der Waals surface area contributed by atoms with E-state index in [0.29, 0.717) is 28.5 Å². The number of carboxylic acids is 1. The van der Waals surface area contributed by atoms with E-state index < -0.39 is 5.97 Å². The summed E-state index contributed by atoms with van der Waals surface area (Å²) in [6, 6.07) is 15.6. The number of hydrogen-bond acceptors (Lipinski definition) is 2. The smallest absolute Gasteiger partial charge is 0.307 e. The van der Waals surface area contributed by atoms with Gasteiger partial charge >= 0.3 is 5.97 Å². The second-order valence-electron chi connectivity index (χ2n) is 7.22. The molecule has 0 bridgehead atoms. The van der Waals surface area contributed by atoms with Crippen LogP contribution in [0.2, 0.25) is 5.02 Å². The number of halogens is 2. The number of ether oxygens (including phenoxy) is 1. The van der Waals surface area contributed by atoms with Crippen molar-refractivity contribution in [1.82, 2.24) is 4.98 Å². The van der Waals surface area contributed by atoms with E-state index >= 15 is 0 Å². The molecule has 4 aromatic rings. The van der Waals surface area contributed by atoms with Crippen molar-refractivity contribution >= 4 is 28.5 Å². The van der Waals surface area contributed by atoms with E-state index in [1.54, 1.807) is 24.3 Å². The molecule has 2 N–H and O–H groups in total. The lowest BCUT2D eigenvalue weighted by atomic mass is 10.0. The van der Waals surface area contributed by atoms with Crippen LogP contribution in [0.3, 0.4) is 0 Å². The maximum Gasteiger partial charge on any atom is 0.307 e. The minimum absolute atomic E-state index is 0.0944. The summed E-state index contributed by atoms with van der Waals surface area (Å²) in [6.45, 7) is 1.83. The van der Waals surface area contributed by atoms with Gasteiger partial charge in [0.15, 0.2) is 0 Å². The molecule has 152 valence electrons. The van der Waals surface area contributed by atoms with Crippen LogP contribution < -0.4 is 4.74 Å². The molecule has 0 radical (unpaired) electrons. The van der Waals surface area contributed by atoms with Crippen LogP contribution in [0.15, 0.2) is 60.8 Å². The van der Waals surface area contributed by atoms with Crippen molar-refractivity contribution < 1.29 is 19.0 Å². The Balaban J connectivity index is 1.62. The molecule has 1 aromatic heterocycles. The summed E-state index contributed by atoms with van der Waals surface area (Å²) < 4.78 is 19.2. The van der Waals surface area contributed by atoms with Crippen LogP contribution in [0.25, 0.3) is 10.9 Å². The van der Waals surface area contributed by atoms with Crippen LogP contribution in [0.4, 0.5) is 4.39 Å². The minimum atomic E-state index is -0.911. The molecule has 0 fully saturated rings. The molecule has 0 saturated heterocycles. The monoisotopic (exact) mass is 423 g/mol. The highest BCUT2D eigenvalue weighted by atomic mass is 35.5. The fraction of sp³-hybridized carbons (Fsp3) is 0.125. The van der Waals surface area contributed by atoms with Crippen molar-refractivity contribution in [2.45, 2.75) is 19.8 Å². The summed E-state index contributed by atoms with van der Waals surface area (Å²) in [6.07, 6.45) is 2.51. The van der Waals surface area contributed by atoms with Gasteiger partial charge in [0.05, 0.1) is 11.4 Å². The Kier molecular flexibility index (Phi) is 5.46. The number of aromatic amines is 1. The Bertz CT molecular complexity index is 1210. The van der Waals surface area contributed by atoms with E-state index in [-0.39, 0.29) is 12.2 Å². The molecule has 4 nitrogen and oxygen atoms in total. The number of aromatic nitrogens is 1. The predicted molar refractivity (Wildman–Crippen MR) is 115 cm³/mol. The predicted octanol–water partition coefficient (Wildman–Crippen LogP) is 6.28. The van der Waals surface area contributed by atoms with Gasteiger partial charge in [-0.05, 0) is 72.0 Å². The number of rotatable bonds is 6. The average molecular weight is 424 g/mol. The maximum atomic E-state index is 13.2. The van der Waals surface area contributed by atoms with Gasteiger partial charge in [-0.3, -0.25) is 4.79 Å². The van der Waals surface area contributed by atoms with Crippen LogP contribution in [0.1, 0.15) is 22.3 Å². The molecule has 3 aromatic carbocycles. The van der Waals surface area contributed by atoms with Gasteiger partial charge in [0.1, 0.15) is 17.3 Å². The number of aliphatic carboxylic acids is 1. The van der Waals surface area contributed by atoms with Crippen molar-refractivity contribution in [3.63, 3.8) is 0 Å². The molecule has 0 aliphatic carbocycles. The number of hydrogen-bond donors (Lipinski definition) is 2. The Morgan fingerprint density at radius 3 is 2.57 bits per heavy atom. The van der Waals surface area contributed by atoms with Crippen LogP contribution >= 0.6 is 11.6 Å². The van der Waals surface area contributed by atoms with Gasteiger partial charge in [0.25, 0.3) is 0 Å². The molecule has 1 heterocycles. The number of benzene rings is 3. The van der Waals surface area contributed by atoms with Gasteiger partial charge in [0, 0.05) is 17.1 Å². The number of nitrogens with one attached hydrogen (secondary N) is 1. The van der Waals surface area contributed by atoms with Gasteiger partial charge in [-0.15, -0.1) is 0 Å². The first-order chi connectivity index (χ1) is 14.4. The van der Waals surface area contributed by atoms with Crippen molar-refractivity contribution in [1.29, 1.82) is 0 Å². The second-order valence-corrected chi connectivity index (χ2v) is 7.63. The maximum absolute atomic E-state index is 13.2. The van der Waals surface area contributed by atoms with Crippen LogP contribution in [-0.4, -0.2) is 16.1 Å². The second kappa shape index (κ2) is 8.20. The quantitative estimate of drug-likeness (QED) is 0.383. The van der Waals surface area contributed by atoms with Gasteiger partial charge in [-0.25, -0.2) is 4.39 Å². The highest BCUT2D eigenvalue weighted by Gasteiger charge is 2.13. The zero-order chi connectivity index (χ0) is 21.3. The van der Waals surface area contributed by atoms with Crippen LogP contribution in [-0.2, 0) is 17.6 Å². The SMILES string of the molecule is Cc1cc(CC(=O)O)cc(Cl)c1Oc1ccc2[nH]cc(Cc3ccc(F)cc3)c2c1. The lowest BCUT2D eigenvalue weighted by Gasteiger charge is -2.13. The summed E-state index contributed by atoms with van der Waals surface area (Å²) in [5.74, 6) is -0.0417. The third-order valence-corrected chi connectivity index (χ3v) is 5.19. The molecule has 4 rings (SSSR count). The average Bonchev–Trinajstić information content (AvgIpc) is 3.08. The first-order valence-corrected chi connectivity index (χ1v) is 9.80. The van der Waals surface area contributed by atoms with Gasteiger partial charge < -0.3 is 14.8 Å². The fourth-order valence-electron chi connectivity index (χ4n) is 3.52. The normalized spacial score (nSPS) is 11.0. The first kappa shape index (κ1) is 20.0. The van der Waals surface area contributed by atoms with E-state index in [0.717, 1.165) is 27.6 Å². The molecule has 6 heteroatoms. The Labute approximate surface area is 177 Å². The summed E-state index contributed by atoms with van der Waals surface area (Å²) >= 11 is 6.36. The number of fused-ring (bicyclic) bond motifs is 1. The van der Waals surface area contributed by atoms with E-state index in [1.165, 1.54) is 12.1 Å². The van der Waals surface area contributed by atoms with Gasteiger partial charge in [-0.2, -0.15) is 0 Å². The first-order valence-electron chi connectivity index (χ1n) is 9.42. The molecular formula is C24H19ClFNO3. The van der Waals surface area contributed by atoms with Crippen molar-refractivity contribution in [2.24, 2.45) is 0 Å². The summed E-state index contributed by atoms with van der Waals surface area (Å²) in [5.41, 5.74) is 4.44. The molecule has 0 amide bonds. The van der Waals surface area contributed by atoms with Crippen molar-refractivity contribution in [3.8, 4) is 11.5 Å². The summed E-state index contributed by atoms with van der Waals surface area (Å²) in [7, 11) is 0. The van der Waals surface area contributed by atoms with Crippen LogP contribution in [0, 0.1) is 12.7 Å². The largest absolute Gasteiger partial charge is 0.481 e. The molecule has 0 aliphatic rings. The molecule has 0 aliphatic heterocycles. The molecule has 30 heavy (non-hydrogen) atoms. The summed E-state index contributed by atoms with van der Waals surface area (Å²) in [5, 5.41) is 10.4. The fourth-order valence-corrected chi connectivity index (χ4v) is 3.84. The van der Waals surface area contributed by atoms with E-state index in [4.69, 9.17) is 21.4 Å². The number of aryl methyl sites for hydroxylation is 1. The number of carboxylic acid groups (broad SMARTS) is 1. The summed E-state index contributed by atoms with van der Waals surface area (Å²) in [4.78, 5) is 14.2. The van der Waals surface area contributed by atoms with Crippen molar-refractivity contribution in [3.05, 3.63) is 93.9 Å². The molecular weight excluding hydrogens is 405 g/mol. The van der Waals surface area contributed by atoms with E-state index in [2.05, 4.69) is 4.98 Å². The van der Waals surface area contributed by atoms with E-state index in [1.807, 2.05) is 31.3 Å². The molecule has 0 saturated carbocycles. The highest BCUT2D eigenvalue weighted by Crippen LogP contribution is 2.35. The zero-order valence-corrected chi connectivity index (χ0v) is 17.0. The van der Waals surface area contributed by atoms with Crippen LogP contribution in [0.5, 0.6) is 11.5 Å². The molecule has 0 atom stereocenters. The molecule has 0 unspecified atom stereocenters. The minimum Gasteiger partial charge on any atom is -0.481 e. The van der Waals surface area contributed by atoms with Crippen molar-refractivity contribution in [2.75, 3.05) is 0 Å². The zero-order valence-electron chi connectivity index (χ0n) is 16.2. The van der Waals surface area contributed by atoms with Gasteiger partial charge in [0.2, 0.25) is 0 Å². The lowest BCUT2D eigenvalue weighted by molar-refractivity contribution is -0.136. The third-order valence-electron chi connectivity index (χ3n) is 4.91. The van der Waals surface area contributed by atoms with E-state index in [9.17, 15) is 9.18 Å². The lowest BCUT2D eigenvalue weighted by Crippen LogP contribution is -2.01. The standard InChI is InChI=1S/C24H19ClFNO3/c1-14-8-16(11-23(28)29)10-21(25)24(14)30-19-6-7-22-20(12-19)17(13-27-22)9-15-2-4-18(26)5-3-15/h2-8,10,12-13,27H,9,11H2,1H3,(H,28,29). The molecule has 0 spiro atoms. The number of carbonyl (C=O) groups is 1. The Morgan fingerprint density at radius 1 is 1.10 bits per heavy atom. The number of H-pyrrole nitrogens is 1. The Morgan fingerprint density at radius 2 is 1.87 bits per heavy atom. The van der Waals surface area contributed by atoms with Gasteiger partial charge in [-0.1, -0.05) is 29.8 Å². The Hall–Kier alpha value is -3.31.